The van der Waals surface area contributed by atoms with Gasteiger partial charge < -0.3 is 10.1 Å². The van der Waals surface area contributed by atoms with Crippen molar-refractivity contribution in [3.8, 4) is 5.69 Å². The van der Waals surface area contributed by atoms with Gasteiger partial charge in [0.25, 0.3) is 5.56 Å². The molecule has 0 fully saturated rings. The second kappa shape index (κ2) is 8.21. The van der Waals surface area contributed by atoms with Crippen molar-refractivity contribution in [1.82, 2.24) is 29.9 Å². The first-order chi connectivity index (χ1) is 14.6. The van der Waals surface area contributed by atoms with Crippen molar-refractivity contribution >= 4 is 40.5 Å². The molecule has 0 radical (unpaired) electrons. The number of amides is 1. The van der Waals surface area contributed by atoms with Gasteiger partial charge in [0.15, 0.2) is 10.8 Å². The zero-order valence-electron chi connectivity index (χ0n) is 15.6. The fourth-order valence-corrected chi connectivity index (χ4v) is 3.53. The quantitative estimate of drug-likeness (QED) is 0.238. The second-order valence-electron chi connectivity index (χ2n) is 5.99. The highest BCUT2D eigenvalue weighted by atomic mass is 32.2. The molecule has 4 aromatic rings. The number of aromatic amines is 2. The minimum atomic E-state index is -0.629. The third-order valence-corrected chi connectivity index (χ3v) is 5.05. The van der Waals surface area contributed by atoms with E-state index in [0.29, 0.717) is 21.9 Å². The van der Waals surface area contributed by atoms with Crippen molar-refractivity contribution in [3.05, 3.63) is 58.6 Å². The lowest BCUT2D eigenvalue weighted by molar-refractivity contribution is -0.113. The lowest BCUT2D eigenvalue weighted by Gasteiger charge is -2.11. The Kier molecular flexibility index (Phi) is 5.30. The molecule has 0 aliphatic heterocycles. The molecule has 1 amide bonds. The Morgan fingerprint density at radius 3 is 2.70 bits per heavy atom. The molecule has 30 heavy (non-hydrogen) atoms. The van der Waals surface area contributed by atoms with Crippen molar-refractivity contribution in [1.29, 1.82) is 0 Å². The van der Waals surface area contributed by atoms with Crippen LogP contribution in [-0.2, 0) is 9.53 Å². The van der Waals surface area contributed by atoms with Crippen LogP contribution in [0.2, 0.25) is 0 Å². The molecule has 0 unspecified atom stereocenters. The van der Waals surface area contributed by atoms with Gasteiger partial charge in [-0.05, 0) is 12.1 Å². The lowest BCUT2D eigenvalue weighted by atomic mass is 10.3. The topological polar surface area (TPSA) is 148 Å². The van der Waals surface area contributed by atoms with Crippen LogP contribution >= 0.6 is 11.8 Å². The van der Waals surface area contributed by atoms with Gasteiger partial charge >= 0.3 is 5.97 Å². The summed E-state index contributed by atoms with van der Waals surface area (Å²) in [4.78, 5) is 41.5. The molecule has 0 aliphatic carbocycles. The van der Waals surface area contributed by atoms with E-state index in [2.05, 4.69) is 35.4 Å². The Morgan fingerprint density at radius 1 is 1.17 bits per heavy atom. The van der Waals surface area contributed by atoms with Crippen LogP contribution in [0.4, 0.5) is 5.82 Å². The monoisotopic (exact) mass is 425 g/mol. The summed E-state index contributed by atoms with van der Waals surface area (Å²) in [7, 11) is 1.23. The van der Waals surface area contributed by atoms with Crippen LogP contribution in [0.3, 0.4) is 0 Å². The predicted molar refractivity (Wildman–Crippen MR) is 109 cm³/mol. The number of carbonyl (C=O) groups excluding carboxylic acids is 2. The fraction of sp³-hybridized carbons (Fsp3) is 0.111. The maximum Gasteiger partial charge on any atom is 0.343 e. The van der Waals surface area contributed by atoms with Crippen LogP contribution in [-0.4, -0.2) is 54.7 Å². The summed E-state index contributed by atoms with van der Waals surface area (Å²) >= 11 is 1.07. The first-order valence-corrected chi connectivity index (χ1v) is 9.63. The number of aromatic nitrogens is 6. The SMILES string of the molecule is COC(=O)c1cn[nH]c1NC(=O)CSc1nc2[nH]ncc2c(=O)n1-c1ccccc1. The third-order valence-electron chi connectivity index (χ3n) is 4.11. The average molecular weight is 425 g/mol. The number of benzene rings is 1. The Hall–Kier alpha value is -3.93. The number of hydrogen-bond acceptors (Lipinski definition) is 8. The number of H-pyrrole nitrogens is 2. The molecular formula is C18H15N7O4S. The molecule has 0 saturated carbocycles. The number of ether oxygens (including phenoxy) is 1. The zero-order valence-corrected chi connectivity index (χ0v) is 16.4. The summed E-state index contributed by atoms with van der Waals surface area (Å²) in [6.45, 7) is 0. The van der Waals surface area contributed by atoms with Crippen LogP contribution in [0.5, 0.6) is 0 Å². The summed E-state index contributed by atoms with van der Waals surface area (Å²) in [5.41, 5.74) is 0.748. The van der Waals surface area contributed by atoms with E-state index in [0.717, 1.165) is 11.8 Å². The van der Waals surface area contributed by atoms with Gasteiger partial charge in [-0.2, -0.15) is 10.2 Å². The van der Waals surface area contributed by atoms with Crippen molar-refractivity contribution in [2.75, 3.05) is 18.2 Å². The number of fused-ring (bicyclic) bond motifs is 1. The minimum Gasteiger partial charge on any atom is -0.465 e. The number of carbonyl (C=O) groups is 2. The summed E-state index contributed by atoms with van der Waals surface area (Å²) < 4.78 is 6.07. The summed E-state index contributed by atoms with van der Waals surface area (Å²) in [6, 6.07) is 8.98. The van der Waals surface area contributed by atoms with Crippen LogP contribution in [0, 0.1) is 0 Å². The van der Waals surface area contributed by atoms with Crippen LogP contribution in [0.15, 0.2) is 52.7 Å². The molecule has 3 heterocycles. The predicted octanol–water partition coefficient (Wildman–Crippen LogP) is 1.35. The maximum atomic E-state index is 12.9. The number of esters is 1. The van der Waals surface area contributed by atoms with E-state index in [-0.39, 0.29) is 22.7 Å². The standard InChI is InChI=1S/C18H15N7O4S/c1-29-17(28)12-8-20-24-15(12)21-13(26)9-30-18-22-14-11(7-19-23-14)16(27)25(18)10-5-3-2-4-6-10/h2-8H,9H2,1H3,(H,19,23)(H2,20,21,24,26). The molecule has 0 bridgehead atoms. The molecule has 12 heteroatoms. The molecule has 4 rings (SSSR count). The highest BCUT2D eigenvalue weighted by Gasteiger charge is 2.18. The Bertz CT molecular complexity index is 1280. The van der Waals surface area contributed by atoms with Gasteiger partial charge in [0, 0.05) is 0 Å². The van der Waals surface area contributed by atoms with E-state index in [1.54, 1.807) is 24.3 Å². The molecular weight excluding hydrogens is 410 g/mol. The average Bonchev–Trinajstić information content (AvgIpc) is 3.42. The molecule has 0 saturated heterocycles. The molecule has 3 aromatic heterocycles. The molecule has 152 valence electrons. The van der Waals surface area contributed by atoms with Crippen LogP contribution in [0.25, 0.3) is 16.7 Å². The van der Waals surface area contributed by atoms with Crippen molar-refractivity contribution < 1.29 is 14.3 Å². The smallest absolute Gasteiger partial charge is 0.343 e. The number of anilines is 1. The minimum absolute atomic E-state index is 0.0709. The third kappa shape index (κ3) is 3.67. The summed E-state index contributed by atoms with van der Waals surface area (Å²) in [5, 5.41) is 16.1. The first-order valence-electron chi connectivity index (χ1n) is 8.64. The lowest BCUT2D eigenvalue weighted by Crippen LogP contribution is -2.22. The maximum absolute atomic E-state index is 12.9. The van der Waals surface area contributed by atoms with Gasteiger partial charge in [-0.3, -0.25) is 24.4 Å². The van der Waals surface area contributed by atoms with Gasteiger partial charge in [0.05, 0.1) is 30.9 Å². The molecule has 11 nitrogen and oxygen atoms in total. The van der Waals surface area contributed by atoms with E-state index in [9.17, 15) is 14.4 Å². The number of hydrogen-bond donors (Lipinski definition) is 3. The van der Waals surface area contributed by atoms with E-state index in [1.165, 1.54) is 24.1 Å². The number of nitrogens with zero attached hydrogens (tertiary/aromatic N) is 4. The number of thioether (sulfide) groups is 1. The Labute approximate surface area is 172 Å². The van der Waals surface area contributed by atoms with Crippen molar-refractivity contribution in [2.45, 2.75) is 5.16 Å². The fourth-order valence-electron chi connectivity index (χ4n) is 2.73. The van der Waals surface area contributed by atoms with Gasteiger partial charge in [0.2, 0.25) is 5.91 Å². The zero-order chi connectivity index (χ0) is 21.1. The van der Waals surface area contributed by atoms with Crippen LogP contribution < -0.4 is 10.9 Å². The molecule has 3 N–H and O–H groups in total. The Balaban J connectivity index is 1.60. The van der Waals surface area contributed by atoms with Crippen molar-refractivity contribution in [3.63, 3.8) is 0 Å². The van der Waals surface area contributed by atoms with E-state index in [4.69, 9.17) is 0 Å². The number of rotatable bonds is 6. The van der Waals surface area contributed by atoms with Gasteiger partial charge in [0.1, 0.15) is 16.8 Å². The Morgan fingerprint density at radius 2 is 1.93 bits per heavy atom. The van der Waals surface area contributed by atoms with Crippen LogP contribution in [0.1, 0.15) is 10.4 Å². The number of methoxy groups -OCH3 is 1. The van der Waals surface area contributed by atoms with Gasteiger partial charge in [-0.1, -0.05) is 30.0 Å². The van der Waals surface area contributed by atoms with Gasteiger partial charge in [-0.15, -0.1) is 0 Å². The molecule has 1 aromatic carbocycles. The summed E-state index contributed by atoms with van der Waals surface area (Å²) in [5.74, 6) is -0.993. The van der Waals surface area contributed by atoms with Gasteiger partial charge in [-0.25, -0.2) is 9.78 Å². The highest BCUT2D eigenvalue weighted by Crippen LogP contribution is 2.21. The largest absolute Gasteiger partial charge is 0.465 e. The first kappa shape index (κ1) is 19.4. The van der Waals surface area contributed by atoms with E-state index >= 15 is 0 Å². The molecule has 0 atom stereocenters. The normalized spacial score (nSPS) is 10.8. The molecule has 0 aliphatic rings. The van der Waals surface area contributed by atoms with E-state index < -0.39 is 11.9 Å². The molecule has 0 spiro atoms. The number of nitrogens with one attached hydrogen (secondary N) is 3. The van der Waals surface area contributed by atoms with Crippen molar-refractivity contribution in [2.24, 2.45) is 0 Å². The highest BCUT2D eigenvalue weighted by molar-refractivity contribution is 7.99. The van der Waals surface area contributed by atoms with E-state index in [1.807, 2.05) is 6.07 Å². The second-order valence-corrected chi connectivity index (χ2v) is 6.93. The summed E-state index contributed by atoms with van der Waals surface area (Å²) in [6.07, 6.45) is 2.67. The number of para-hydroxylation sites is 1.